The van der Waals surface area contributed by atoms with Crippen LogP contribution in [0.1, 0.15) is 15.9 Å². The third-order valence-corrected chi connectivity index (χ3v) is 3.09. The van der Waals surface area contributed by atoms with Crippen LogP contribution < -0.4 is 0 Å². The van der Waals surface area contributed by atoms with Gasteiger partial charge in [-0.3, -0.25) is 0 Å². The number of benzene rings is 2. The fraction of sp³-hybridized carbons (Fsp3) is 0.0625. The predicted molar refractivity (Wildman–Crippen MR) is 77.3 cm³/mol. The summed E-state index contributed by atoms with van der Waals surface area (Å²) in [5.74, 6) is -0.960. The van der Waals surface area contributed by atoms with E-state index < -0.39 is 5.97 Å². The number of nitrogens with zero attached hydrogens (tertiary/aromatic N) is 3. The number of carboxylic acid groups (broad SMARTS) is 1. The highest BCUT2D eigenvalue weighted by Crippen LogP contribution is 2.19. The van der Waals surface area contributed by atoms with Gasteiger partial charge in [0.1, 0.15) is 5.69 Å². The van der Waals surface area contributed by atoms with E-state index in [9.17, 15) is 4.79 Å². The molecule has 3 rings (SSSR count). The maximum absolute atomic E-state index is 11.0. The highest BCUT2D eigenvalue weighted by molar-refractivity contribution is 5.89. The molecule has 2 aromatic carbocycles. The van der Waals surface area contributed by atoms with Crippen molar-refractivity contribution in [3.05, 3.63) is 65.9 Å². The van der Waals surface area contributed by atoms with Crippen molar-refractivity contribution in [2.45, 2.75) is 6.92 Å². The maximum Gasteiger partial charge on any atom is 0.335 e. The van der Waals surface area contributed by atoms with Crippen molar-refractivity contribution >= 4 is 5.97 Å². The van der Waals surface area contributed by atoms with Gasteiger partial charge < -0.3 is 5.11 Å². The lowest BCUT2D eigenvalue weighted by molar-refractivity contribution is 0.0697. The van der Waals surface area contributed by atoms with Crippen LogP contribution in [-0.4, -0.2) is 26.1 Å². The van der Waals surface area contributed by atoms with E-state index in [0.29, 0.717) is 5.69 Å². The van der Waals surface area contributed by atoms with Crippen molar-refractivity contribution in [3.63, 3.8) is 0 Å². The van der Waals surface area contributed by atoms with Gasteiger partial charge in [0.05, 0.1) is 17.4 Å². The fourth-order valence-corrected chi connectivity index (χ4v) is 2.05. The Hall–Kier alpha value is -2.95. The molecule has 1 radical (unpaired) electrons. The van der Waals surface area contributed by atoms with Crippen molar-refractivity contribution in [3.8, 4) is 16.9 Å². The minimum absolute atomic E-state index is 0.229. The lowest BCUT2D eigenvalue weighted by Gasteiger charge is -2.00. The summed E-state index contributed by atoms with van der Waals surface area (Å²) in [5.41, 5.74) is 3.48. The molecule has 0 unspecified atom stereocenters. The van der Waals surface area contributed by atoms with Crippen molar-refractivity contribution in [1.82, 2.24) is 15.0 Å². The number of aromatic nitrogens is 3. The van der Waals surface area contributed by atoms with E-state index in [1.807, 2.05) is 31.2 Å². The Morgan fingerprint density at radius 1 is 1.29 bits per heavy atom. The number of carbonyl (C=O) groups is 1. The summed E-state index contributed by atoms with van der Waals surface area (Å²) < 4.78 is 1.66. The Morgan fingerprint density at radius 2 is 2.14 bits per heavy atom. The molecular weight excluding hydrogens is 266 g/mol. The van der Waals surface area contributed by atoms with Crippen LogP contribution in [0.5, 0.6) is 0 Å². The molecule has 0 fully saturated rings. The van der Waals surface area contributed by atoms with Gasteiger partial charge in [-0.05, 0) is 42.8 Å². The second-order valence-corrected chi connectivity index (χ2v) is 4.66. The Balaban J connectivity index is 1.98. The first-order valence-electron chi connectivity index (χ1n) is 6.38. The number of rotatable bonds is 3. The minimum atomic E-state index is -0.960. The molecule has 3 aromatic rings. The molecular formula is C16H12N3O2. The quantitative estimate of drug-likeness (QED) is 0.800. The molecule has 0 aliphatic rings. The smallest absolute Gasteiger partial charge is 0.335 e. The average Bonchev–Trinajstić information content (AvgIpc) is 2.97. The third kappa shape index (κ3) is 2.67. The Morgan fingerprint density at radius 3 is 2.90 bits per heavy atom. The van der Waals surface area contributed by atoms with Gasteiger partial charge in [-0.15, -0.1) is 5.10 Å². The first kappa shape index (κ1) is 13.1. The van der Waals surface area contributed by atoms with Crippen LogP contribution in [0.3, 0.4) is 0 Å². The molecule has 21 heavy (non-hydrogen) atoms. The lowest BCUT2D eigenvalue weighted by atomic mass is 10.1. The van der Waals surface area contributed by atoms with Crippen molar-refractivity contribution in [2.24, 2.45) is 0 Å². The van der Waals surface area contributed by atoms with E-state index in [4.69, 9.17) is 5.11 Å². The van der Waals surface area contributed by atoms with E-state index in [1.54, 1.807) is 29.1 Å². The summed E-state index contributed by atoms with van der Waals surface area (Å²) in [6.07, 6.45) is 1.77. The van der Waals surface area contributed by atoms with Gasteiger partial charge in [0.25, 0.3) is 0 Å². The molecule has 0 aliphatic carbocycles. The Labute approximate surface area is 121 Å². The topological polar surface area (TPSA) is 68.0 Å². The van der Waals surface area contributed by atoms with E-state index >= 15 is 0 Å². The van der Waals surface area contributed by atoms with Gasteiger partial charge in [-0.2, -0.15) is 0 Å². The molecule has 0 amide bonds. The summed E-state index contributed by atoms with van der Waals surface area (Å²) in [6, 6.07) is 15.4. The minimum Gasteiger partial charge on any atom is -0.478 e. The average molecular weight is 278 g/mol. The molecule has 0 atom stereocenters. The van der Waals surface area contributed by atoms with E-state index in [-0.39, 0.29) is 5.56 Å². The first-order valence-corrected chi connectivity index (χ1v) is 6.38. The zero-order valence-corrected chi connectivity index (χ0v) is 11.3. The molecule has 0 saturated carbocycles. The summed E-state index contributed by atoms with van der Waals surface area (Å²) >= 11 is 0. The van der Waals surface area contributed by atoms with E-state index in [2.05, 4.69) is 16.4 Å². The molecule has 0 spiro atoms. The van der Waals surface area contributed by atoms with Gasteiger partial charge in [0, 0.05) is 5.56 Å². The summed E-state index contributed by atoms with van der Waals surface area (Å²) in [7, 11) is 0. The molecule has 1 N–H and O–H groups in total. The highest BCUT2D eigenvalue weighted by Gasteiger charge is 2.08. The Kier molecular flexibility index (Phi) is 3.23. The number of carboxylic acids is 1. The number of hydrogen-bond donors (Lipinski definition) is 1. The molecule has 0 saturated heterocycles. The van der Waals surface area contributed by atoms with Gasteiger partial charge in [0.15, 0.2) is 0 Å². The van der Waals surface area contributed by atoms with Gasteiger partial charge >= 0.3 is 5.97 Å². The van der Waals surface area contributed by atoms with Gasteiger partial charge in [-0.1, -0.05) is 23.4 Å². The summed E-state index contributed by atoms with van der Waals surface area (Å²) in [5, 5.41) is 17.2. The molecule has 103 valence electrons. The van der Waals surface area contributed by atoms with Crippen LogP contribution in [0.4, 0.5) is 0 Å². The summed E-state index contributed by atoms with van der Waals surface area (Å²) in [4.78, 5) is 11.0. The highest BCUT2D eigenvalue weighted by atomic mass is 16.4. The van der Waals surface area contributed by atoms with Crippen LogP contribution in [0.15, 0.2) is 48.7 Å². The zero-order chi connectivity index (χ0) is 14.8. The first-order chi connectivity index (χ1) is 10.1. The van der Waals surface area contributed by atoms with E-state index in [0.717, 1.165) is 16.8 Å². The molecule has 0 bridgehead atoms. The number of aromatic carboxylic acids is 1. The van der Waals surface area contributed by atoms with Crippen molar-refractivity contribution in [2.75, 3.05) is 0 Å². The number of hydrogen-bond acceptors (Lipinski definition) is 3. The van der Waals surface area contributed by atoms with Crippen LogP contribution in [0.2, 0.25) is 0 Å². The second-order valence-electron chi connectivity index (χ2n) is 4.66. The fourth-order valence-electron chi connectivity index (χ4n) is 2.05. The third-order valence-electron chi connectivity index (χ3n) is 3.09. The molecule has 5 nitrogen and oxygen atoms in total. The van der Waals surface area contributed by atoms with Crippen LogP contribution in [0.25, 0.3) is 16.9 Å². The van der Waals surface area contributed by atoms with Crippen LogP contribution in [-0.2, 0) is 0 Å². The summed E-state index contributed by atoms with van der Waals surface area (Å²) in [6.45, 7) is 1.96. The monoisotopic (exact) mass is 278 g/mol. The van der Waals surface area contributed by atoms with Crippen molar-refractivity contribution in [1.29, 1.82) is 0 Å². The van der Waals surface area contributed by atoms with Gasteiger partial charge in [-0.25, -0.2) is 9.48 Å². The van der Waals surface area contributed by atoms with Crippen LogP contribution in [0, 0.1) is 13.0 Å². The standard InChI is InChI=1S/C16H12N3O2/c1-11-4-2-7-14(8-11)19-10-15(17-18-19)12-5-3-6-13(9-12)16(20)21/h2-3,5-10H,1H3,(H,20,21). The molecule has 0 aliphatic heterocycles. The maximum atomic E-state index is 11.0. The molecule has 1 aromatic heterocycles. The normalized spacial score (nSPS) is 10.5. The largest absolute Gasteiger partial charge is 0.478 e. The van der Waals surface area contributed by atoms with Crippen molar-refractivity contribution < 1.29 is 9.90 Å². The second kappa shape index (κ2) is 5.20. The predicted octanol–water partition coefficient (Wildman–Crippen LogP) is 2.74. The van der Waals surface area contributed by atoms with Gasteiger partial charge in [0.2, 0.25) is 0 Å². The number of aryl methyl sites for hydroxylation is 1. The molecule has 5 heteroatoms. The molecule has 1 heterocycles. The lowest BCUT2D eigenvalue weighted by Crippen LogP contribution is -1.95. The SMILES string of the molecule is Cc1[c]ccc(-n2cc(-c3cccc(C(=O)O)c3)nn2)c1. The van der Waals surface area contributed by atoms with Crippen LogP contribution >= 0.6 is 0 Å². The van der Waals surface area contributed by atoms with E-state index in [1.165, 1.54) is 0 Å². The zero-order valence-electron chi connectivity index (χ0n) is 11.3. The Bertz CT molecular complexity index is 809.